The van der Waals surface area contributed by atoms with Gasteiger partial charge < -0.3 is 9.64 Å². The minimum Gasteiger partial charge on any atom is -0.380 e. The van der Waals surface area contributed by atoms with E-state index in [4.69, 9.17) is 4.74 Å². The molecule has 0 unspecified atom stereocenters. The largest absolute Gasteiger partial charge is 0.380 e. The van der Waals surface area contributed by atoms with Crippen LogP contribution in [0.2, 0.25) is 0 Å². The number of rotatable bonds is 6. The van der Waals surface area contributed by atoms with Crippen LogP contribution in [-0.2, 0) is 11.3 Å². The van der Waals surface area contributed by atoms with Gasteiger partial charge in [-0.25, -0.2) is 0 Å². The molecule has 1 aliphatic heterocycles. The number of nitrogens with zero attached hydrogens (tertiary/aromatic N) is 2. The third-order valence-corrected chi connectivity index (χ3v) is 5.74. The molecule has 4 rings (SSSR count). The molecule has 0 bridgehead atoms. The van der Waals surface area contributed by atoms with E-state index >= 15 is 0 Å². The van der Waals surface area contributed by atoms with Gasteiger partial charge in [0.15, 0.2) is 0 Å². The van der Waals surface area contributed by atoms with Crippen molar-refractivity contribution in [2.75, 3.05) is 33.3 Å². The first-order valence-corrected chi connectivity index (χ1v) is 10.5. The van der Waals surface area contributed by atoms with Crippen molar-refractivity contribution in [1.82, 2.24) is 9.80 Å². The number of piperazine rings is 1. The molecule has 1 amide bonds. The second-order valence-electron chi connectivity index (χ2n) is 7.64. The van der Waals surface area contributed by atoms with E-state index in [1.807, 2.05) is 29.2 Å². The molecule has 4 heteroatoms. The van der Waals surface area contributed by atoms with Crippen molar-refractivity contribution in [2.24, 2.45) is 0 Å². The van der Waals surface area contributed by atoms with Crippen LogP contribution in [0.3, 0.4) is 0 Å². The van der Waals surface area contributed by atoms with Crippen LogP contribution in [0.1, 0.15) is 33.1 Å². The van der Waals surface area contributed by atoms with E-state index in [1.54, 1.807) is 7.11 Å². The molecule has 0 aromatic heterocycles. The van der Waals surface area contributed by atoms with E-state index in [-0.39, 0.29) is 11.9 Å². The lowest BCUT2D eigenvalue weighted by Gasteiger charge is -2.40. The highest BCUT2D eigenvalue weighted by Crippen LogP contribution is 2.29. The standard InChI is InChI=1S/C26H28N2O2/c1-30-20-23-14-8-9-15-24(23)26(29)28-18-16-27(17-19-28)25(21-10-4-2-5-11-21)22-12-6-3-7-13-22/h2-15,25H,16-20H2,1H3. The van der Waals surface area contributed by atoms with Gasteiger partial charge in [0.2, 0.25) is 0 Å². The topological polar surface area (TPSA) is 32.8 Å². The van der Waals surface area contributed by atoms with Crippen LogP contribution in [0.5, 0.6) is 0 Å². The average Bonchev–Trinajstić information content (AvgIpc) is 2.81. The van der Waals surface area contributed by atoms with Gasteiger partial charge in [0.05, 0.1) is 12.6 Å². The normalized spacial score (nSPS) is 14.8. The fraction of sp³-hybridized carbons (Fsp3) is 0.269. The Morgan fingerprint density at radius 3 is 1.90 bits per heavy atom. The minimum absolute atomic E-state index is 0.0956. The quantitative estimate of drug-likeness (QED) is 0.616. The zero-order chi connectivity index (χ0) is 20.8. The SMILES string of the molecule is COCc1ccccc1C(=O)N1CCN(C(c2ccccc2)c2ccccc2)CC1. The average molecular weight is 401 g/mol. The molecule has 154 valence electrons. The summed E-state index contributed by atoms with van der Waals surface area (Å²) in [5.74, 6) is 0.0956. The molecule has 1 heterocycles. The summed E-state index contributed by atoms with van der Waals surface area (Å²) in [6, 6.07) is 29.2. The van der Waals surface area contributed by atoms with Crippen LogP contribution in [0.15, 0.2) is 84.9 Å². The first-order chi connectivity index (χ1) is 14.8. The molecule has 0 N–H and O–H groups in total. The minimum atomic E-state index is 0.0956. The van der Waals surface area contributed by atoms with E-state index in [2.05, 4.69) is 65.6 Å². The van der Waals surface area contributed by atoms with Gasteiger partial charge in [-0.1, -0.05) is 78.9 Å². The summed E-state index contributed by atoms with van der Waals surface area (Å²) in [6.45, 7) is 3.57. The third-order valence-electron chi connectivity index (χ3n) is 5.74. The summed E-state index contributed by atoms with van der Waals surface area (Å²) in [4.78, 5) is 17.6. The Bertz CT molecular complexity index is 912. The fourth-order valence-corrected chi connectivity index (χ4v) is 4.25. The van der Waals surface area contributed by atoms with Crippen molar-refractivity contribution in [2.45, 2.75) is 12.6 Å². The van der Waals surface area contributed by atoms with Gasteiger partial charge in [0.25, 0.3) is 5.91 Å². The zero-order valence-electron chi connectivity index (χ0n) is 17.4. The Labute approximate surface area is 178 Å². The van der Waals surface area contributed by atoms with E-state index in [0.717, 1.165) is 37.3 Å². The number of amides is 1. The lowest BCUT2D eigenvalue weighted by Crippen LogP contribution is -2.50. The molecule has 1 saturated heterocycles. The number of carbonyl (C=O) groups is 1. The van der Waals surface area contributed by atoms with Gasteiger partial charge in [0, 0.05) is 38.9 Å². The molecular weight excluding hydrogens is 372 g/mol. The summed E-state index contributed by atoms with van der Waals surface area (Å²) >= 11 is 0. The highest BCUT2D eigenvalue weighted by Gasteiger charge is 2.29. The predicted molar refractivity (Wildman–Crippen MR) is 119 cm³/mol. The van der Waals surface area contributed by atoms with Crippen molar-refractivity contribution >= 4 is 5.91 Å². The Morgan fingerprint density at radius 2 is 1.33 bits per heavy atom. The van der Waals surface area contributed by atoms with Crippen LogP contribution in [-0.4, -0.2) is 49.0 Å². The molecule has 0 saturated carbocycles. The molecule has 3 aromatic carbocycles. The Kier molecular flexibility index (Phi) is 6.57. The maximum absolute atomic E-state index is 13.2. The van der Waals surface area contributed by atoms with E-state index in [9.17, 15) is 4.79 Å². The molecule has 1 aliphatic rings. The number of methoxy groups -OCH3 is 1. The van der Waals surface area contributed by atoms with E-state index < -0.39 is 0 Å². The third kappa shape index (κ3) is 4.45. The Balaban J connectivity index is 1.51. The van der Waals surface area contributed by atoms with Gasteiger partial charge in [-0.15, -0.1) is 0 Å². The van der Waals surface area contributed by atoms with Crippen molar-refractivity contribution in [3.63, 3.8) is 0 Å². The molecule has 0 aliphatic carbocycles. The second kappa shape index (κ2) is 9.70. The summed E-state index contributed by atoms with van der Waals surface area (Å²) in [7, 11) is 1.66. The number of ether oxygens (including phenoxy) is 1. The fourth-order valence-electron chi connectivity index (χ4n) is 4.25. The van der Waals surface area contributed by atoms with Crippen LogP contribution >= 0.6 is 0 Å². The summed E-state index contributed by atoms with van der Waals surface area (Å²) in [5, 5.41) is 0. The van der Waals surface area contributed by atoms with Gasteiger partial charge in [-0.2, -0.15) is 0 Å². The maximum Gasteiger partial charge on any atom is 0.254 e. The molecule has 3 aromatic rings. The summed E-state index contributed by atoms with van der Waals surface area (Å²) < 4.78 is 5.27. The first-order valence-electron chi connectivity index (χ1n) is 10.5. The van der Waals surface area contributed by atoms with Crippen LogP contribution in [0.4, 0.5) is 0 Å². The lowest BCUT2D eigenvalue weighted by molar-refractivity contribution is 0.0593. The Hall–Kier alpha value is -2.95. The van der Waals surface area contributed by atoms with Crippen molar-refractivity contribution in [1.29, 1.82) is 0 Å². The van der Waals surface area contributed by atoms with Crippen LogP contribution < -0.4 is 0 Å². The van der Waals surface area contributed by atoms with Crippen LogP contribution in [0, 0.1) is 0 Å². The van der Waals surface area contributed by atoms with E-state index in [1.165, 1.54) is 11.1 Å². The summed E-state index contributed by atoms with van der Waals surface area (Å²) in [6.07, 6.45) is 0. The predicted octanol–water partition coefficient (Wildman–Crippen LogP) is 4.38. The molecule has 0 spiro atoms. The smallest absolute Gasteiger partial charge is 0.254 e. The van der Waals surface area contributed by atoms with Gasteiger partial charge in [-0.05, 0) is 22.8 Å². The second-order valence-corrected chi connectivity index (χ2v) is 7.64. The Morgan fingerprint density at radius 1 is 0.800 bits per heavy atom. The molecule has 0 atom stereocenters. The van der Waals surface area contributed by atoms with Gasteiger partial charge in [0.1, 0.15) is 0 Å². The monoisotopic (exact) mass is 400 g/mol. The lowest BCUT2D eigenvalue weighted by atomic mass is 9.96. The molecular formula is C26H28N2O2. The van der Waals surface area contributed by atoms with Crippen molar-refractivity contribution in [3.05, 3.63) is 107 Å². The number of benzene rings is 3. The molecule has 1 fully saturated rings. The summed E-state index contributed by atoms with van der Waals surface area (Å²) in [5.41, 5.74) is 4.26. The van der Waals surface area contributed by atoms with Crippen molar-refractivity contribution < 1.29 is 9.53 Å². The molecule has 4 nitrogen and oxygen atoms in total. The van der Waals surface area contributed by atoms with E-state index in [0.29, 0.717) is 6.61 Å². The number of carbonyl (C=O) groups excluding carboxylic acids is 1. The molecule has 30 heavy (non-hydrogen) atoms. The zero-order valence-corrected chi connectivity index (χ0v) is 17.4. The highest BCUT2D eigenvalue weighted by molar-refractivity contribution is 5.95. The number of hydrogen-bond donors (Lipinski definition) is 0. The molecule has 0 radical (unpaired) electrons. The van der Waals surface area contributed by atoms with Crippen LogP contribution in [0.25, 0.3) is 0 Å². The number of hydrogen-bond acceptors (Lipinski definition) is 3. The van der Waals surface area contributed by atoms with Crippen molar-refractivity contribution in [3.8, 4) is 0 Å². The van der Waals surface area contributed by atoms with Gasteiger partial charge >= 0.3 is 0 Å². The maximum atomic E-state index is 13.2. The van der Waals surface area contributed by atoms with Gasteiger partial charge in [-0.3, -0.25) is 9.69 Å². The first kappa shape index (κ1) is 20.3. The highest BCUT2D eigenvalue weighted by atomic mass is 16.5.